The van der Waals surface area contributed by atoms with Crippen molar-refractivity contribution in [2.45, 2.75) is 13.5 Å². The quantitative estimate of drug-likeness (QED) is 0.832. The van der Waals surface area contributed by atoms with E-state index in [0.29, 0.717) is 0 Å². The number of hydrogen-bond acceptors (Lipinski definition) is 1. The summed E-state index contributed by atoms with van der Waals surface area (Å²) >= 11 is 5.91. The molecule has 0 aliphatic heterocycles. The lowest BCUT2D eigenvalue weighted by molar-refractivity contribution is 1.14. The molecule has 2 rings (SSSR count). The molecule has 2 aromatic carbocycles. The molecule has 0 saturated carbocycles. The topological polar surface area (TPSA) is 12.0 Å². The summed E-state index contributed by atoms with van der Waals surface area (Å²) in [7, 11) is 0. The van der Waals surface area contributed by atoms with Gasteiger partial charge in [-0.25, -0.2) is 0 Å². The monoisotopic (exact) mass is 231 g/mol. The predicted molar refractivity (Wildman–Crippen MR) is 70.0 cm³/mol. The fourth-order valence-electron chi connectivity index (χ4n) is 1.51. The molecule has 0 heterocycles. The summed E-state index contributed by atoms with van der Waals surface area (Å²) in [5.41, 5.74) is 3.60. The van der Waals surface area contributed by atoms with E-state index in [9.17, 15) is 0 Å². The van der Waals surface area contributed by atoms with E-state index >= 15 is 0 Å². The van der Waals surface area contributed by atoms with Crippen molar-refractivity contribution in [2.75, 3.05) is 5.32 Å². The molecule has 0 unspecified atom stereocenters. The third-order valence-electron chi connectivity index (χ3n) is 2.44. The first-order valence-corrected chi connectivity index (χ1v) is 5.67. The van der Waals surface area contributed by atoms with Crippen LogP contribution in [0.5, 0.6) is 0 Å². The predicted octanol–water partition coefficient (Wildman–Crippen LogP) is 4.26. The lowest BCUT2D eigenvalue weighted by Gasteiger charge is -2.07. The molecule has 0 spiro atoms. The zero-order valence-corrected chi connectivity index (χ0v) is 9.96. The Labute approximate surface area is 101 Å². The van der Waals surface area contributed by atoms with Gasteiger partial charge >= 0.3 is 0 Å². The maximum Gasteiger partial charge on any atom is 0.0426 e. The lowest BCUT2D eigenvalue weighted by Crippen LogP contribution is -1.98. The molecule has 82 valence electrons. The maximum absolute atomic E-state index is 5.91. The first-order chi connectivity index (χ1) is 7.74. The van der Waals surface area contributed by atoms with E-state index in [0.717, 1.165) is 17.3 Å². The summed E-state index contributed by atoms with van der Waals surface area (Å²) in [5.74, 6) is 0. The Balaban J connectivity index is 1.99. The van der Waals surface area contributed by atoms with Gasteiger partial charge in [-0.3, -0.25) is 0 Å². The van der Waals surface area contributed by atoms with Crippen LogP contribution in [0.3, 0.4) is 0 Å². The Morgan fingerprint density at radius 2 is 1.81 bits per heavy atom. The molecule has 0 aromatic heterocycles. The van der Waals surface area contributed by atoms with Gasteiger partial charge in [-0.1, -0.05) is 47.5 Å². The minimum Gasteiger partial charge on any atom is -0.381 e. The molecular weight excluding hydrogens is 218 g/mol. The van der Waals surface area contributed by atoms with Crippen LogP contribution >= 0.6 is 11.6 Å². The second-order valence-electron chi connectivity index (χ2n) is 3.85. The van der Waals surface area contributed by atoms with Crippen LogP contribution in [0.15, 0.2) is 48.5 Å². The van der Waals surface area contributed by atoms with Crippen LogP contribution in [-0.2, 0) is 6.54 Å². The number of aryl methyl sites for hydroxylation is 1. The molecule has 0 bridgehead atoms. The Morgan fingerprint density at radius 3 is 2.50 bits per heavy atom. The number of anilines is 1. The van der Waals surface area contributed by atoms with Gasteiger partial charge in [0.25, 0.3) is 0 Å². The molecule has 0 fully saturated rings. The number of benzene rings is 2. The minimum atomic E-state index is 0.758. The van der Waals surface area contributed by atoms with Gasteiger partial charge in [0, 0.05) is 17.3 Å². The van der Waals surface area contributed by atoms with Gasteiger partial charge in [0.2, 0.25) is 0 Å². The van der Waals surface area contributed by atoms with E-state index in [1.54, 1.807) is 0 Å². The molecule has 0 saturated heterocycles. The minimum absolute atomic E-state index is 0.758. The van der Waals surface area contributed by atoms with Gasteiger partial charge in [-0.05, 0) is 30.7 Å². The first kappa shape index (κ1) is 11.0. The van der Waals surface area contributed by atoms with Crippen LogP contribution in [0.2, 0.25) is 5.02 Å². The van der Waals surface area contributed by atoms with Crippen molar-refractivity contribution in [1.82, 2.24) is 0 Å². The van der Waals surface area contributed by atoms with Gasteiger partial charge in [0.05, 0.1) is 0 Å². The Kier molecular flexibility index (Phi) is 3.47. The summed E-state index contributed by atoms with van der Waals surface area (Å²) in [5, 5.41) is 4.10. The third-order valence-corrected chi connectivity index (χ3v) is 2.68. The highest BCUT2D eigenvalue weighted by Gasteiger charge is 1.94. The van der Waals surface area contributed by atoms with E-state index in [1.807, 2.05) is 24.3 Å². The molecule has 0 aliphatic rings. The zero-order chi connectivity index (χ0) is 11.4. The molecule has 0 amide bonds. The van der Waals surface area contributed by atoms with Gasteiger partial charge in [-0.15, -0.1) is 0 Å². The standard InChI is InChI=1S/C14H14ClN/c1-11-5-7-12(8-6-11)10-16-14-4-2-3-13(15)9-14/h2-9,16H,10H2,1H3. The molecule has 1 N–H and O–H groups in total. The summed E-state index contributed by atoms with van der Waals surface area (Å²) < 4.78 is 0. The van der Waals surface area contributed by atoms with Gasteiger partial charge < -0.3 is 5.32 Å². The van der Waals surface area contributed by atoms with Crippen molar-refractivity contribution in [2.24, 2.45) is 0 Å². The molecular formula is C14H14ClN. The van der Waals surface area contributed by atoms with Crippen molar-refractivity contribution in [3.05, 3.63) is 64.7 Å². The Morgan fingerprint density at radius 1 is 1.06 bits per heavy atom. The van der Waals surface area contributed by atoms with Crippen LogP contribution in [0.1, 0.15) is 11.1 Å². The average molecular weight is 232 g/mol. The molecule has 16 heavy (non-hydrogen) atoms. The van der Waals surface area contributed by atoms with E-state index in [4.69, 9.17) is 11.6 Å². The van der Waals surface area contributed by atoms with Crippen molar-refractivity contribution in [1.29, 1.82) is 0 Å². The number of rotatable bonds is 3. The van der Waals surface area contributed by atoms with Crippen molar-refractivity contribution >= 4 is 17.3 Å². The molecule has 2 heteroatoms. The van der Waals surface area contributed by atoms with Gasteiger partial charge in [0.1, 0.15) is 0 Å². The van der Waals surface area contributed by atoms with Crippen molar-refractivity contribution in [3.63, 3.8) is 0 Å². The van der Waals surface area contributed by atoms with E-state index in [-0.39, 0.29) is 0 Å². The zero-order valence-electron chi connectivity index (χ0n) is 9.20. The number of nitrogens with one attached hydrogen (secondary N) is 1. The van der Waals surface area contributed by atoms with Crippen LogP contribution in [-0.4, -0.2) is 0 Å². The van der Waals surface area contributed by atoms with Crippen molar-refractivity contribution < 1.29 is 0 Å². The highest BCUT2D eigenvalue weighted by atomic mass is 35.5. The van der Waals surface area contributed by atoms with Gasteiger partial charge in [0.15, 0.2) is 0 Å². The van der Waals surface area contributed by atoms with Crippen LogP contribution < -0.4 is 5.32 Å². The van der Waals surface area contributed by atoms with E-state index < -0.39 is 0 Å². The van der Waals surface area contributed by atoms with E-state index in [2.05, 4.69) is 36.5 Å². The lowest BCUT2D eigenvalue weighted by atomic mass is 10.1. The number of halogens is 1. The molecule has 2 aromatic rings. The summed E-state index contributed by atoms with van der Waals surface area (Å²) in [4.78, 5) is 0. The molecule has 0 atom stereocenters. The Hall–Kier alpha value is -1.47. The van der Waals surface area contributed by atoms with Crippen molar-refractivity contribution in [3.8, 4) is 0 Å². The van der Waals surface area contributed by atoms with Crippen LogP contribution in [0, 0.1) is 6.92 Å². The molecule has 0 radical (unpaired) electrons. The number of hydrogen-bond donors (Lipinski definition) is 1. The highest BCUT2D eigenvalue weighted by Crippen LogP contribution is 2.15. The van der Waals surface area contributed by atoms with Crippen LogP contribution in [0.25, 0.3) is 0 Å². The summed E-state index contributed by atoms with van der Waals surface area (Å²) in [6.07, 6.45) is 0. The Bertz CT molecular complexity index is 462. The van der Waals surface area contributed by atoms with E-state index in [1.165, 1.54) is 11.1 Å². The SMILES string of the molecule is Cc1ccc(CNc2cccc(Cl)c2)cc1. The van der Waals surface area contributed by atoms with Crippen LogP contribution in [0.4, 0.5) is 5.69 Å². The summed E-state index contributed by atoms with van der Waals surface area (Å²) in [6.45, 7) is 2.91. The fourth-order valence-corrected chi connectivity index (χ4v) is 1.70. The largest absolute Gasteiger partial charge is 0.381 e. The third kappa shape index (κ3) is 3.01. The van der Waals surface area contributed by atoms with Gasteiger partial charge in [-0.2, -0.15) is 0 Å². The maximum atomic E-state index is 5.91. The normalized spacial score (nSPS) is 10.1. The second-order valence-corrected chi connectivity index (χ2v) is 4.29. The fraction of sp³-hybridized carbons (Fsp3) is 0.143. The smallest absolute Gasteiger partial charge is 0.0426 e. The highest BCUT2D eigenvalue weighted by molar-refractivity contribution is 6.30. The molecule has 0 aliphatic carbocycles. The molecule has 1 nitrogen and oxygen atoms in total. The first-order valence-electron chi connectivity index (χ1n) is 5.29. The summed E-state index contributed by atoms with van der Waals surface area (Å²) in [6, 6.07) is 16.3. The second kappa shape index (κ2) is 5.04. The average Bonchev–Trinajstić information content (AvgIpc) is 2.28.